The van der Waals surface area contributed by atoms with Crippen molar-refractivity contribution in [2.75, 3.05) is 13.1 Å². The number of carbonyl (C=O) groups is 1. The minimum Gasteiger partial charge on any atom is -0.385 e. The highest BCUT2D eigenvalue weighted by Crippen LogP contribution is 2.34. The van der Waals surface area contributed by atoms with Gasteiger partial charge in [-0.05, 0) is 36.6 Å². The van der Waals surface area contributed by atoms with Crippen molar-refractivity contribution in [2.45, 2.75) is 18.4 Å². The predicted molar refractivity (Wildman–Crippen MR) is 103 cm³/mol. The fraction of sp³-hybridized carbons (Fsp3) is 0.286. The molecule has 1 N–H and O–H groups in total. The maximum Gasteiger partial charge on any atom is 0.256 e. The molecule has 5 heteroatoms. The SMILES string of the molecule is Cn1cc(C(=O)N2CCC(O)(c3ccc(Cl)cc3)CC2)c2ccccc21. The highest BCUT2D eigenvalue weighted by atomic mass is 35.5. The zero-order chi connectivity index (χ0) is 18.3. The number of amides is 1. The van der Waals surface area contributed by atoms with Crippen LogP contribution >= 0.6 is 11.6 Å². The molecule has 2 aromatic carbocycles. The van der Waals surface area contributed by atoms with Gasteiger partial charge in [-0.1, -0.05) is 41.9 Å². The third-order valence-corrected chi connectivity index (χ3v) is 5.64. The smallest absolute Gasteiger partial charge is 0.256 e. The average Bonchev–Trinajstić information content (AvgIpc) is 2.99. The van der Waals surface area contributed by atoms with Crippen molar-refractivity contribution in [1.29, 1.82) is 0 Å². The van der Waals surface area contributed by atoms with E-state index in [-0.39, 0.29) is 5.91 Å². The van der Waals surface area contributed by atoms with E-state index in [1.807, 2.05) is 59.1 Å². The molecule has 0 aliphatic carbocycles. The molecule has 0 atom stereocenters. The maximum atomic E-state index is 13.0. The van der Waals surface area contributed by atoms with Gasteiger partial charge in [0.2, 0.25) is 0 Å². The quantitative estimate of drug-likeness (QED) is 0.744. The van der Waals surface area contributed by atoms with Crippen LogP contribution in [0.1, 0.15) is 28.8 Å². The Morgan fingerprint density at radius 2 is 1.73 bits per heavy atom. The molecule has 3 aromatic rings. The van der Waals surface area contributed by atoms with Crippen LogP contribution in [0.25, 0.3) is 10.9 Å². The normalized spacial score (nSPS) is 16.8. The lowest BCUT2D eigenvalue weighted by molar-refractivity contribution is -0.0211. The van der Waals surface area contributed by atoms with E-state index >= 15 is 0 Å². The van der Waals surface area contributed by atoms with Gasteiger partial charge in [-0.2, -0.15) is 0 Å². The standard InChI is InChI=1S/C21H21ClN2O2/c1-23-14-18(17-4-2-3-5-19(17)23)20(25)24-12-10-21(26,11-13-24)15-6-8-16(22)9-7-15/h2-9,14,26H,10-13H2,1H3. The van der Waals surface area contributed by atoms with Gasteiger partial charge in [0.05, 0.1) is 11.2 Å². The molecule has 1 aliphatic rings. The first kappa shape index (κ1) is 17.1. The van der Waals surface area contributed by atoms with Gasteiger partial charge < -0.3 is 14.6 Å². The molecule has 1 saturated heterocycles. The minimum atomic E-state index is -0.903. The second-order valence-electron chi connectivity index (χ2n) is 7.00. The first-order chi connectivity index (χ1) is 12.5. The van der Waals surface area contributed by atoms with Crippen LogP contribution in [-0.2, 0) is 12.6 Å². The lowest BCUT2D eigenvalue weighted by Crippen LogP contribution is -2.45. The van der Waals surface area contributed by atoms with Gasteiger partial charge in [0.25, 0.3) is 5.91 Å². The van der Waals surface area contributed by atoms with Gasteiger partial charge in [-0.3, -0.25) is 4.79 Å². The molecule has 1 aromatic heterocycles. The minimum absolute atomic E-state index is 0.0277. The van der Waals surface area contributed by atoms with Gasteiger partial charge in [0.15, 0.2) is 0 Å². The van der Waals surface area contributed by atoms with Crippen molar-refractivity contribution in [2.24, 2.45) is 7.05 Å². The van der Waals surface area contributed by atoms with E-state index in [2.05, 4.69) is 0 Å². The number of rotatable bonds is 2. The van der Waals surface area contributed by atoms with Crippen LogP contribution in [-0.4, -0.2) is 33.6 Å². The number of benzene rings is 2. The van der Waals surface area contributed by atoms with Crippen molar-refractivity contribution < 1.29 is 9.90 Å². The molecule has 1 fully saturated rings. The summed E-state index contributed by atoms with van der Waals surface area (Å²) >= 11 is 5.94. The number of aryl methyl sites for hydroxylation is 1. The number of para-hydroxylation sites is 1. The maximum absolute atomic E-state index is 13.0. The Bertz CT molecular complexity index is 954. The number of aliphatic hydroxyl groups is 1. The summed E-state index contributed by atoms with van der Waals surface area (Å²) in [6.45, 7) is 1.06. The molecule has 0 spiro atoms. The predicted octanol–water partition coefficient (Wildman–Crippen LogP) is 3.96. The van der Waals surface area contributed by atoms with Crippen molar-refractivity contribution >= 4 is 28.4 Å². The molecule has 0 bridgehead atoms. The third-order valence-electron chi connectivity index (χ3n) is 5.39. The van der Waals surface area contributed by atoms with E-state index in [1.165, 1.54) is 0 Å². The van der Waals surface area contributed by atoms with E-state index in [0.717, 1.165) is 22.0 Å². The number of hydrogen-bond acceptors (Lipinski definition) is 2. The van der Waals surface area contributed by atoms with E-state index in [9.17, 15) is 9.90 Å². The molecule has 1 aliphatic heterocycles. The largest absolute Gasteiger partial charge is 0.385 e. The van der Waals surface area contributed by atoms with Crippen LogP contribution in [0.5, 0.6) is 0 Å². The van der Waals surface area contributed by atoms with Gasteiger partial charge in [0, 0.05) is 42.3 Å². The van der Waals surface area contributed by atoms with Crippen LogP contribution in [0.2, 0.25) is 5.02 Å². The van der Waals surface area contributed by atoms with Gasteiger partial charge in [-0.15, -0.1) is 0 Å². The summed E-state index contributed by atoms with van der Waals surface area (Å²) in [5, 5.41) is 12.6. The molecule has 0 unspecified atom stereocenters. The van der Waals surface area contributed by atoms with Crippen LogP contribution < -0.4 is 0 Å². The van der Waals surface area contributed by atoms with Crippen molar-refractivity contribution in [1.82, 2.24) is 9.47 Å². The fourth-order valence-corrected chi connectivity index (χ4v) is 3.94. The third kappa shape index (κ3) is 2.89. The fourth-order valence-electron chi connectivity index (χ4n) is 3.81. The molecule has 4 rings (SSSR count). The monoisotopic (exact) mass is 368 g/mol. The molecule has 4 nitrogen and oxygen atoms in total. The summed E-state index contributed by atoms with van der Waals surface area (Å²) in [6.07, 6.45) is 2.93. The topological polar surface area (TPSA) is 45.5 Å². The molecular formula is C21H21ClN2O2. The average molecular weight is 369 g/mol. The summed E-state index contributed by atoms with van der Waals surface area (Å²) < 4.78 is 1.98. The molecule has 26 heavy (non-hydrogen) atoms. The second-order valence-corrected chi connectivity index (χ2v) is 7.44. The Balaban J connectivity index is 1.54. The summed E-state index contributed by atoms with van der Waals surface area (Å²) in [4.78, 5) is 14.9. The highest BCUT2D eigenvalue weighted by Gasteiger charge is 2.36. The Labute approximate surface area is 157 Å². The Kier molecular flexibility index (Phi) is 4.25. The highest BCUT2D eigenvalue weighted by molar-refractivity contribution is 6.30. The Morgan fingerprint density at radius 3 is 2.42 bits per heavy atom. The first-order valence-electron chi connectivity index (χ1n) is 8.80. The number of fused-ring (bicyclic) bond motifs is 1. The van der Waals surface area contributed by atoms with Gasteiger partial charge >= 0.3 is 0 Å². The lowest BCUT2D eigenvalue weighted by Gasteiger charge is -2.38. The number of hydrogen-bond donors (Lipinski definition) is 1. The zero-order valence-corrected chi connectivity index (χ0v) is 15.4. The van der Waals surface area contributed by atoms with Gasteiger partial charge in [0.1, 0.15) is 0 Å². The van der Waals surface area contributed by atoms with E-state index < -0.39 is 5.60 Å². The Morgan fingerprint density at radius 1 is 1.08 bits per heavy atom. The van der Waals surface area contributed by atoms with Gasteiger partial charge in [-0.25, -0.2) is 0 Å². The van der Waals surface area contributed by atoms with Crippen LogP contribution in [0, 0.1) is 0 Å². The molecule has 2 heterocycles. The van der Waals surface area contributed by atoms with E-state index in [0.29, 0.717) is 31.0 Å². The molecule has 134 valence electrons. The van der Waals surface area contributed by atoms with Crippen molar-refractivity contribution in [3.63, 3.8) is 0 Å². The number of likely N-dealkylation sites (tertiary alicyclic amines) is 1. The molecule has 1 amide bonds. The first-order valence-corrected chi connectivity index (χ1v) is 9.17. The van der Waals surface area contributed by atoms with Crippen LogP contribution in [0.15, 0.2) is 54.7 Å². The zero-order valence-electron chi connectivity index (χ0n) is 14.7. The van der Waals surface area contributed by atoms with Crippen molar-refractivity contribution in [3.05, 3.63) is 70.9 Å². The molecule has 0 radical (unpaired) electrons. The lowest BCUT2D eigenvalue weighted by atomic mass is 9.84. The number of piperidine rings is 1. The van der Waals surface area contributed by atoms with Crippen molar-refractivity contribution in [3.8, 4) is 0 Å². The van der Waals surface area contributed by atoms with Crippen LogP contribution in [0.3, 0.4) is 0 Å². The number of aromatic nitrogens is 1. The molecular weight excluding hydrogens is 348 g/mol. The summed E-state index contributed by atoms with van der Waals surface area (Å²) in [5.74, 6) is 0.0277. The van der Waals surface area contributed by atoms with E-state index in [4.69, 9.17) is 11.6 Å². The second kappa shape index (κ2) is 6.45. The van der Waals surface area contributed by atoms with Crippen LogP contribution in [0.4, 0.5) is 0 Å². The summed E-state index contributed by atoms with van der Waals surface area (Å²) in [6, 6.07) is 15.2. The Hall–Kier alpha value is -2.30. The summed E-state index contributed by atoms with van der Waals surface area (Å²) in [7, 11) is 1.95. The molecule has 0 saturated carbocycles. The number of halogens is 1. The number of carbonyl (C=O) groups excluding carboxylic acids is 1. The van der Waals surface area contributed by atoms with E-state index in [1.54, 1.807) is 12.1 Å². The summed E-state index contributed by atoms with van der Waals surface area (Å²) in [5.41, 5.74) is 1.73. The number of nitrogens with zero attached hydrogens (tertiary/aromatic N) is 2.